The Morgan fingerprint density at radius 1 is 1.05 bits per heavy atom. The average Bonchev–Trinajstić information content (AvgIpc) is 3.70. The molecule has 220 valence electrons. The number of nitro groups is 1. The molecule has 3 heterocycles. The second-order valence-electron chi connectivity index (χ2n) is 10.8. The predicted molar refractivity (Wildman–Crippen MR) is 161 cm³/mol. The van der Waals surface area contributed by atoms with Crippen molar-refractivity contribution in [1.82, 2.24) is 9.80 Å². The number of ether oxygens (including phenoxy) is 1. The highest BCUT2D eigenvalue weighted by Crippen LogP contribution is 2.45. The number of rotatable bonds is 9. The number of hydrogen-bond donors (Lipinski definition) is 2. The Kier molecular flexibility index (Phi) is 7.84. The third kappa shape index (κ3) is 5.96. The molecule has 0 spiro atoms. The zero-order valence-electron chi connectivity index (χ0n) is 23.7. The molecule has 1 amide bonds. The van der Waals surface area contributed by atoms with E-state index >= 15 is 0 Å². The second kappa shape index (κ2) is 12.0. The third-order valence-corrected chi connectivity index (χ3v) is 7.90. The summed E-state index contributed by atoms with van der Waals surface area (Å²) in [5.41, 5.74) is 4.38. The maximum Gasteiger partial charge on any atom is 0.433 e. The van der Waals surface area contributed by atoms with Crippen LogP contribution in [0.1, 0.15) is 46.9 Å². The van der Waals surface area contributed by atoms with Crippen LogP contribution < -0.4 is 10.1 Å². The fraction of sp³-hybridized carbons (Fsp3) is 0.242. The van der Waals surface area contributed by atoms with Crippen LogP contribution in [0.2, 0.25) is 0 Å². The van der Waals surface area contributed by atoms with Gasteiger partial charge >= 0.3 is 5.88 Å². The van der Waals surface area contributed by atoms with Gasteiger partial charge in [0, 0.05) is 18.4 Å². The van der Waals surface area contributed by atoms with E-state index in [4.69, 9.17) is 9.15 Å². The Hall–Kier alpha value is -5.09. The summed E-state index contributed by atoms with van der Waals surface area (Å²) in [7, 11) is 1.48. The summed E-state index contributed by atoms with van der Waals surface area (Å²) >= 11 is 0. The average molecular weight is 581 g/mol. The summed E-state index contributed by atoms with van der Waals surface area (Å²) in [4.78, 5) is 28.8. The minimum Gasteiger partial charge on any atom is -0.504 e. The number of fused-ring (bicyclic) bond motifs is 1. The van der Waals surface area contributed by atoms with Crippen molar-refractivity contribution in [2.75, 3.05) is 25.5 Å². The first-order valence-corrected chi connectivity index (χ1v) is 14.2. The largest absolute Gasteiger partial charge is 0.504 e. The molecule has 1 unspecified atom stereocenters. The Labute approximate surface area is 249 Å². The van der Waals surface area contributed by atoms with Crippen molar-refractivity contribution in [1.29, 1.82) is 0 Å². The highest BCUT2D eigenvalue weighted by molar-refractivity contribution is 6.26. The highest BCUT2D eigenvalue weighted by atomic mass is 16.6. The molecule has 0 radical (unpaired) electrons. The summed E-state index contributed by atoms with van der Waals surface area (Å²) < 4.78 is 11.0. The number of nitrogens with zero attached hydrogens (tertiary/aromatic N) is 3. The lowest BCUT2D eigenvalue weighted by Gasteiger charge is -2.37. The van der Waals surface area contributed by atoms with E-state index in [1.807, 2.05) is 23.1 Å². The molecule has 1 saturated heterocycles. The van der Waals surface area contributed by atoms with E-state index in [-0.39, 0.29) is 29.8 Å². The van der Waals surface area contributed by atoms with Gasteiger partial charge in [-0.1, -0.05) is 42.5 Å². The third-order valence-electron chi connectivity index (χ3n) is 7.90. The van der Waals surface area contributed by atoms with Crippen molar-refractivity contribution in [3.8, 4) is 11.5 Å². The van der Waals surface area contributed by atoms with Crippen LogP contribution in [0.3, 0.4) is 0 Å². The van der Waals surface area contributed by atoms with Gasteiger partial charge in [-0.05, 0) is 78.5 Å². The zero-order chi connectivity index (χ0) is 29.9. The molecular weight excluding hydrogens is 548 g/mol. The molecule has 10 heteroatoms. The molecule has 0 aliphatic carbocycles. The van der Waals surface area contributed by atoms with Crippen LogP contribution in [0.25, 0.3) is 5.57 Å². The molecule has 1 fully saturated rings. The maximum absolute atomic E-state index is 13.7. The molecule has 1 aromatic heterocycles. The van der Waals surface area contributed by atoms with Crippen molar-refractivity contribution in [2.45, 2.75) is 32.0 Å². The lowest BCUT2D eigenvalue weighted by Crippen LogP contribution is -2.31. The summed E-state index contributed by atoms with van der Waals surface area (Å²) in [5, 5.41) is 25.0. The molecule has 2 aliphatic rings. The molecule has 4 aromatic rings. The number of hydrogen-bond acceptors (Lipinski definition) is 8. The number of phenols is 1. The Morgan fingerprint density at radius 2 is 1.79 bits per heavy atom. The highest BCUT2D eigenvalue weighted by Gasteiger charge is 2.34. The second-order valence-corrected chi connectivity index (χ2v) is 10.8. The fourth-order valence-corrected chi connectivity index (χ4v) is 5.84. The molecule has 10 nitrogen and oxygen atoms in total. The van der Waals surface area contributed by atoms with E-state index in [1.165, 1.54) is 31.6 Å². The first kappa shape index (κ1) is 28.0. The Morgan fingerprint density at radius 3 is 2.47 bits per heavy atom. The first-order chi connectivity index (χ1) is 20.9. The van der Waals surface area contributed by atoms with Crippen LogP contribution in [0.15, 0.2) is 89.5 Å². The van der Waals surface area contributed by atoms with Crippen LogP contribution in [0.5, 0.6) is 11.5 Å². The van der Waals surface area contributed by atoms with Gasteiger partial charge in [0.1, 0.15) is 10.7 Å². The van der Waals surface area contributed by atoms with Crippen molar-refractivity contribution in [2.24, 2.45) is 0 Å². The van der Waals surface area contributed by atoms with Gasteiger partial charge in [-0.3, -0.25) is 19.8 Å². The van der Waals surface area contributed by atoms with E-state index in [9.17, 15) is 20.0 Å². The number of aromatic hydroxyl groups is 1. The molecule has 43 heavy (non-hydrogen) atoms. The molecule has 0 saturated carbocycles. The number of likely N-dealkylation sites (tertiary alicyclic amines) is 1. The van der Waals surface area contributed by atoms with E-state index in [1.54, 1.807) is 36.5 Å². The number of benzene rings is 3. The van der Waals surface area contributed by atoms with Crippen molar-refractivity contribution in [3.63, 3.8) is 0 Å². The van der Waals surface area contributed by atoms with E-state index < -0.39 is 11.0 Å². The Bertz CT molecular complexity index is 1660. The van der Waals surface area contributed by atoms with Crippen molar-refractivity contribution in [3.05, 3.63) is 123 Å². The standard InChI is InChI=1S/C33H32N4O6/c1-42-30-18-27-26(17-29(30)38)28(33(39)34-24-7-3-2-4-8-24)21-36(20-25-13-14-31(43-25)37(40)41)32(27)23-11-9-22(10-12-23)19-35-15-5-6-16-35/h2-4,7-14,17-18,21,32,38H,5-6,15-16,19-20H2,1H3,(H,34,39). The number of anilines is 1. The number of carbonyl (C=O) groups is 1. The molecule has 3 aromatic carbocycles. The van der Waals surface area contributed by atoms with Crippen LogP contribution in [0.4, 0.5) is 11.6 Å². The smallest absolute Gasteiger partial charge is 0.433 e. The van der Waals surface area contributed by atoms with Crippen LogP contribution >= 0.6 is 0 Å². The minimum atomic E-state index is -0.576. The van der Waals surface area contributed by atoms with Crippen LogP contribution in [0, 0.1) is 10.1 Å². The van der Waals surface area contributed by atoms with Crippen LogP contribution in [-0.2, 0) is 17.9 Å². The monoisotopic (exact) mass is 580 g/mol. The molecule has 2 N–H and O–H groups in total. The quantitative estimate of drug-likeness (QED) is 0.180. The minimum absolute atomic E-state index is 0.0884. The summed E-state index contributed by atoms with van der Waals surface area (Å²) in [6.07, 6.45) is 4.17. The van der Waals surface area contributed by atoms with Crippen molar-refractivity contribution >= 4 is 23.1 Å². The normalized spacial score (nSPS) is 16.4. The Balaban J connectivity index is 1.43. The first-order valence-electron chi connectivity index (χ1n) is 14.2. The maximum atomic E-state index is 13.7. The molecule has 6 rings (SSSR count). The van der Waals surface area contributed by atoms with Gasteiger partial charge in [-0.2, -0.15) is 0 Å². The molecule has 0 bridgehead atoms. The SMILES string of the molecule is COc1cc2c(cc1O)C(C(=O)Nc1ccccc1)=CN(Cc1ccc([N+](=O)[O-])o1)C2c1ccc(CN2CCCC2)cc1. The van der Waals surface area contributed by atoms with E-state index in [2.05, 4.69) is 34.5 Å². The topological polar surface area (TPSA) is 121 Å². The number of amides is 1. The van der Waals surface area contributed by atoms with Gasteiger partial charge in [0.15, 0.2) is 11.5 Å². The number of nitrogens with one attached hydrogen (secondary N) is 1. The number of phenolic OH excluding ortho intramolecular Hbond substituents is 1. The number of furan rings is 1. The van der Waals surface area contributed by atoms with E-state index in [0.29, 0.717) is 22.6 Å². The van der Waals surface area contributed by atoms with Crippen molar-refractivity contribution < 1.29 is 24.0 Å². The van der Waals surface area contributed by atoms with Gasteiger partial charge in [-0.25, -0.2) is 0 Å². The number of methoxy groups -OCH3 is 1. The van der Waals surface area contributed by atoms with Crippen LogP contribution in [-0.4, -0.2) is 45.9 Å². The lowest BCUT2D eigenvalue weighted by molar-refractivity contribution is -0.402. The zero-order valence-corrected chi connectivity index (χ0v) is 23.7. The van der Waals surface area contributed by atoms with Gasteiger partial charge in [0.2, 0.25) is 0 Å². The van der Waals surface area contributed by atoms with E-state index in [0.717, 1.165) is 30.8 Å². The molecular formula is C33H32N4O6. The van der Waals surface area contributed by atoms with Gasteiger partial charge in [-0.15, -0.1) is 0 Å². The fourth-order valence-electron chi connectivity index (χ4n) is 5.84. The molecule has 1 atom stereocenters. The van der Waals surface area contributed by atoms with Gasteiger partial charge < -0.3 is 24.5 Å². The molecule has 2 aliphatic heterocycles. The van der Waals surface area contributed by atoms with Gasteiger partial charge in [0.05, 0.1) is 31.3 Å². The number of para-hydroxylation sites is 1. The predicted octanol–water partition coefficient (Wildman–Crippen LogP) is 6.08. The summed E-state index contributed by atoms with van der Waals surface area (Å²) in [6, 6.07) is 23.2. The van der Waals surface area contributed by atoms with Gasteiger partial charge in [0.25, 0.3) is 5.91 Å². The lowest BCUT2D eigenvalue weighted by atomic mass is 9.86. The summed E-state index contributed by atoms with van der Waals surface area (Å²) in [5.74, 6) is -0.169. The number of carbonyl (C=O) groups excluding carboxylic acids is 1. The summed E-state index contributed by atoms with van der Waals surface area (Å²) in [6.45, 7) is 3.23.